The maximum Gasteiger partial charge on any atom is 0.240 e. The van der Waals surface area contributed by atoms with Crippen LogP contribution in [-0.4, -0.2) is 30.6 Å². The molecular weight excluding hydrogens is 166 g/mol. The van der Waals surface area contributed by atoms with Crippen molar-refractivity contribution in [2.45, 2.75) is 38.3 Å². The summed E-state index contributed by atoms with van der Waals surface area (Å²) in [7, 11) is 0. The van der Waals surface area contributed by atoms with E-state index >= 15 is 0 Å². The van der Waals surface area contributed by atoms with Crippen molar-refractivity contribution in [1.29, 1.82) is 0 Å². The fraction of sp³-hybridized carbons (Fsp3) is 0.889. The number of nitrogens with two attached hydrogens (primary N) is 1. The Hall–Kier alpha value is -0.610. The van der Waals surface area contributed by atoms with Gasteiger partial charge in [0, 0.05) is 6.04 Å². The van der Waals surface area contributed by atoms with E-state index in [4.69, 9.17) is 5.73 Å². The highest BCUT2D eigenvalue weighted by Crippen LogP contribution is 2.14. The van der Waals surface area contributed by atoms with Crippen molar-refractivity contribution in [2.24, 2.45) is 5.73 Å². The number of hydrogen-bond acceptors (Lipinski definition) is 3. The molecule has 4 N–H and O–H groups in total. The molecule has 4 nitrogen and oxygen atoms in total. The highest BCUT2D eigenvalue weighted by molar-refractivity contribution is 5.86. The van der Waals surface area contributed by atoms with Crippen molar-refractivity contribution in [3.63, 3.8) is 0 Å². The van der Waals surface area contributed by atoms with Crippen LogP contribution in [0.4, 0.5) is 0 Å². The number of amides is 1. The van der Waals surface area contributed by atoms with Gasteiger partial charge in [0.15, 0.2) is 0 Å². The van der Waals surface area contributed by atoms with E-state index in [1.54, 1.807) is 0 Å². The second kappa shape index (κ2) is 4.07. The van der Waals surface area contributed by atoms with Crippen molar-refractivity contribution < 1.29 is 4.79 Å². The second-order valence-electron chi connectivity index (χ2n) is 4.03. The summed E-state index contributed by atoms with van der Waals surface area (Å²) < 4.78 is 0. The molecule has 0 bridgehead atoms. The lowest BCUT2D eigenvalue weighted by Crippen LogP contribution is -2.59. The van der Waals surface area contributed by atoms with E-state index in [2.05, 4.69) is 10.6 Å². The van der Waals surface area contributed by atoms with Crippen LogP contribution in [0.15, 0.2) is 0 Å². The first-order valence-corrected chi connectivity index (χ1v) is 4.85. The molecule has 0 aromatic carbocycles. The molecule has 1 aliphatic heterocycles. The maximum atomic E-state index is 11.7. The van der Waals surface area contributed by atoms with Gasteiger partial charge in [-0.1, -0.05) is 0 Å². The molecule has 1 heterocycles. The van der Waals surface area contributed by atoms with Crippen molar-refractivity contribution >= 4 is 5.91 Å². The molecule has 0 unspecified atom stereocenters. The fourth-order valence-corrected chi connectivity index (χ4v) is 1.51. The first-order valence-electron chi connectivity index (χ1n) is 4.85. The molecule has 1 saturated heterocycles. The zero-order valence-electron chi connectivity index (χ0n) is 8.39. The van der Waals surface area contributed by atoms with Crippen LogP contribution in [0.2, 0.25) is 0 Å². The van der Waals surface area contributed by atoms with Gasteiger partial charge in [0.2, 0.25) is 5.91 Å². The monoisotopic (exact) mass is 185 g/mol. The predicted molar refractivity (Wildman–Crippen MR) is 52.3 cm³/mol. The molecule has 0 radical (unpaired) electrons. The summed E-state index contributed by atoms with van der Waals surface area (Å²) in [6, 6.07) is 0.169. The van der Waals surface area contributed by atoms with Gasteiger partial charge < -0.3 is 16.4 Å². The van der Waals surface area contributed by atoms with E-state index in [9.17, 15) is 4.79 Å². The van der Waals surface area contributed by atoms with Crippen LogP contribution < -0.4 is 16.4 Å². The smallest absolute Gasteiger partial charge is 0.240 e. The maximum absolute atomic E-state index is 11.7. The van der Waals surface area contributed by atoms with Crippen LogP contribution in [-0.2, 0) is 4.79 Å². The summed E-state index contributed by atoms with van der Waals surface area (Å²) in [5, 5.41) is 6.05. The summed E-state index contributed by atoms with van der Waals surface area (Å²) in [4.78, 5) is 11.7. The van der Waals surface area contributed by atoms with E-state index in [0.29, 0.717) is 0 Å². The summed E-state index contributed by atoms with van der Waals surface area (Å²) in [6.45, 7) is 5.56. The molecule has 1 rings (SSSR count). The number of hydrogen-bond donors (Lipinski definition) is 3. The Morgan fingerprint density at radius 2 is 2.00 bits per heavy atom. The lowest BCUT2D eigenvalue weighted by Gasteiger charge is -2.33. The zero-order chi connectivity index (χ0) is 9.90. The van der Waals surface area contributed by atoms with Gasteiger partial charge in [-0.2, -0.15) is 0 Å². The Labute approximate surface area is 79.3 Å². The van der Waals surface area contributed by atoms with Gasteiger partial charge in [0.1, 0.15) is 0 Å². The quantitative estimate of drug-likeness (QED) is 0.548. The van der Waals surface area contributed by atoms with Gasteiger partial charge in [-0.25, -0.2) is 0 Å². The van der Waals surface area contributed by atoms with E-state index in [0.717, 1.165) is 25.9 Å². The average Bonchev–Trinajstić information content (AvgIpc) is 2.04. The van der Waals surface area contributed by atoms with Crippen molar-refractivity contribution in [1.82, 2.24) is 10.6 Å². The molecular formula is C9H19N3O. The number of nitrogens with one attached hydrogen (secondary N) is 2. The standard InChI is InChI=1S/C9H19N3O/c1-7(2)12-8(13)9(10)3-5-11-6-4-9/h7,11H,3-6,10H2,1-2H3,(H,12,13). The Morgan fingerprint density at radius 1 is 1.46 bits per heavy atom. The molecule has 0 aromatic heterocycles. The van der Waals surface area contributed by atoms with E-state index in [-0.39, 0.29) is 11.9 Å². The SMILES string of the molecule is CC(C)NC(=O)C1(N)CCNCC1. The number of piperidine rings is 1. The Kier molecular flexibility index (Phi) is 3.27. The Bertz CT molecular complexity index is 185. The molecule has 1 aliphatic rings. The molecule has 1 fully saturated rings. The minimum atomic E-state index is -0.643. The zero-order valence-corrected chi connectivity index (χ0v) is 8.39. The largest absolute Gasteiger partial charge is 0.352 e. The van der Waals surface area contributed by atoms with Crippen LogP contribution in [0.1, 0.15) is 26.7 Å². The highest BCUT2D eigenvalue weighted by Gasteiger charge is 2.35. The fourth-order valence-electron chi connectivity index (χ4n) is 1.51. The molecule has 0 aliphatic carbocycles. The molecule has 13 heavy (non-hydrogen) atoms. The van der Waals surface area contributed by atoms with Crippen molar-refractivity contribution in [3.05, 3.63) is 0 Å². The van der Waals surface area contributed by atoms with Crippen LogP contribution in [0.25, 0.3) is 0 Å². The average molecular weight is 185 g/mol. The lowest BCUT2D eigenvalue weighted by molar-refractivity contribution is -0.127. The molecule has 4 heteroatoms. The predicted octanol–water partition coefficient (Wildman–Crippen LogP) is -0.408. The van der Waals surface area contributed by atoms with Gasteiger partial charge in [0.25, 0.3) is 0 Å². The topological polar surface area (TPSA) is 67.2 Å². The van der Waals surface area contributed by atoms with Gasteiger partial charge >= 0.3 is 0 Å². The lowest BCUT2D eigenvalue weighted by atomic mass is 9.88. The third kappa shape index (κ3) is 2.67. The van der Waals surface area contributed by atoms with Gasteiger partial charge in [-0.15, -0.1) is 0 Å². The van der Waals surface area contributed by atoms with E-state index in [1.165, 1.54) is 0 Å². The molecule has 76 valence electrons. The van der Waals surface area contributed by atoms with Crippen LogP contribution >= 0.6 is 0 Å². The van der Waals surface area contributed by atoms with Crippen molar-refractivity contribution in [3.8, 4) is 0 Å². The highest BCUT2D eigenvalue weighted by atomic mass is 16.2. The van der Waals surface area contributed by atoms with E-state index in [1.807, 2.05) is 13.8 Å². The number of carbonyl (C=O) groups is 1. The summed E-state index contributed by atoms with van der Waals surface area (Å²) in [5.74, 6) is -0.0102. The summed E-state index contributed by atoms with van der Waals surface area (Å²) >= 11 is 0. The molecule has 1 amide bonds. The Morgan fingerprint density at radius 3 is 2.46 bits per heavy atom. The van der Waals surface area contributed by atoms with Crippen molar-refractivity contribution in [2.75, 3.05) is 13.1 Å². The number of carbonyl (C=O) groups excluding carboxylic acids is 1. The van der Waals surface area contributed by atoms with Gasteiger partial charge in [-0.3, -0.25) is 4.79 Å². The van der Waals surface area contributed by atoms with Gasteiger partial charge in [-0.05, 0) is 39.8 Å². The molecule has 0 saturated carbocycles. The third-order valence-corrected chi connectivity index (χ3v) is 2.37. The van der Waals surface area contributed by atoms with Crippen LogP contribution in [0.5, 0.6) is 0 Å². The molecule has 0 aromatic rings. The second-order valence-corrected chi connectivity index (χ2v) is 4.03. The van der Waals surface area contributed by atoms with E-state index < -0.39 is 5.54 Å². The van der Waals surface area contributed by atoms with Crippen LogP contribution in [0.3, 0.4) is 0 Å². The minimum Gasteiger partial charge on any atom is -0.352 e. The third-order valence-electron chi connectivity index (χ3n) is 2.37. The summed E-state index contributed by atoms with van der Waals surface area (Å²) in [5.41, 5.74) is 5.36. The molecule has 0 atom stereocenters. The minimum absolute atomic E-state index is 0.0102. The number of rotatable bonds is 2. The first kappa shape index (κ1) is 10.5. The Balaban J connectivity index is 2.51. The normalized spacial score (nSPS) is 21.5. The first-order chi connectivity index (χ1) is 6.04. The summed E-state index contributed by atoms with van der Waals surface area (Å²) in [6.07, 6.45) is 1.46. The molecule has 0 spiro atoms. The van der Waals surface area contributed by atoms with Gasteiger partial charge in [0.05, 0.1) is 5.54 Å². The van der Waals surface area contributed by atoms with Crippen LogP contribution in [0, 0.1) is 0 Å².